The number of piperidine rings is 1. The summed E-state index contributed by atoms with van der Waals surface area (Å²) in [5.74, 6) is 1.47. The van der Waals surface area contributed by atoms with Crippen LogP contribution in [0.2, 0.25) is 0 Å². The maximum absolute atomic E-state index is 5.40. The summed E-state index contributed by atoms with van der Waals surface area (Å²) in [6.45, 7) is 7.21. The Morgan fingerprint density at radius 1 is 1.44 bits per heavy atom. The second-order valence-corrected chi connectivity index (χ2v) is 4.72. The molecule has 1 N–H and O–H groups in total. The van der Waals surface area contributed by atoms with Crippen LogP contribution < -0.4 is 10.2 Å². The Kier molecular flexibility index (Phi) is 3.14. The predicted octanol–water partition coefficient (Wildman–Crippen LogP) is 1.17. The van der Waals surface area contributed by atoms with E-state index in [1.165, 1.54) is 0 Å². The number of hydrogen-bond donors (Lipinski definition) is 1. The van der Waals surface area contributed by atoms with Gasteiger partial charge in [0.05, 0.1) is 0 Å². The number of hydrogen-bond acceptors (Lipinski definition) is 5. The van der Waals surface area contributed by atoms with Crippen molar-refractivity contribution in [2.24, 2.45) is 0 Å². The second-order valence-electron chi connectivity index (χ2n) is 4.72. The van der Waals surface area contributed by atoms with Crippen molar-refractivity contribution in [3.8, 4) is 0 Å². The van der Waals surface area contributed by atoms with Gasteiger partial charge in [-0.1, -0.05) is 6.92 Å². The molecule has 0 amide bonds. The van der Waals surface area contributed by atoms with E-state index in [0.29, 0.717) is 5.95 Å². The van der Waals surface area contributed by atoms with Crippen LogP contribution in [0.15, 0.2) is 4.52 Å². The van der Waals surface area contributed by atoms with E-state index in [0.717, 1.165) is 38.4 Å². The lowest BCUT2D eigenvalue weighted by Crippen LogP contribution is -2.37. The largest absolute Gasteiger partial charge is 0.342 e. The van der Waals surface area contributed by atoms with Crippen molar-refractivity contribution < 1.29 is 4.52 Å². The summed E-state index contributed by atoms with van der Waals surface area (Å²) >= 11 is 0. The van der Waals surface area contributed by atoms with Crippen LogP contribution in [0.5, 0.6) is 0 Å². The summed E-state index contributed by atoms with van der Waals surface area (Å²) in [5.41, 5.74) is 0.0467. The van der Waals surface area contributed by atoms with E-state index in [9.17, 15) is 0 Å². The van der Waals surface area contributed by atoms with Crippen LogP contribution in [0.4, 0.5) is 5.95 Å². The predicted molar refractivity (Wildman–Crippen MR) is 62.7 cm³/mol. The number of anilines is 1. The van der Waals surface area contributed by atoms with Gasteiger partial charge in [0.25, 0.3) is 5.95 Å². The molecule has 0 unspecified atom stereocenters. The van der Waals surface area contributed by atoms with Crippen LogP contribution in [0.25, 0.3) is 0 Å². The van der Waals surface area contributed by atoms with Gasteiger partial charge in [-0.15, -0.1) is 0 Å². The third-order valence-electron chi connectivity index (χ3n) is 3.45. The number of rotatable bonds is 3. The zero-order chi connectivity index (χ0) is 11.6. The van der Waals surface area contributed by atoms with E-state index in [1.807, 2.05) is 11.9 Å². The van der Waals surface area contributed by atoms with Gasteiger partial charge in [-0.2, -0.15) is 4.98 Å². The molecule has 1 aromatic heterocycles. The molecule has 0 radical (unpaired) electrons. The zero-order valence-electron chi connectivity index (χ0n) is 10.3. The highest BCUT2D eigenvalue weighted by atomic mass is 16.5. The van der Waals surface area contributed by atoms with E-state index in [4.69, 9.17) is 4.52 Å². The minimum Gasteiger partial charge on any atom is -0.342 e. The lowest BCUT2D eigenvalue weighted by molar-refractivity contribution is 0.241. The quantitative estimate of drug-likeness (QED) is 0.835. The van der Waals surface area contributed by atoms with Gasteiger partial charge in [-0.05, 0) is 38.0 Å². The maximum Gasteiger partial charge on any atom is 0.265 e. The summed E-state index contributed by atoms with van der Waals surface area (Å²) in [4.78, 5) is 6.48. The summed E-state index contributed by atoms with van der Waals surface area (Å²) in [6, 6.07) is 0. The van der Waals surface area contributed by atoms with Crippen LogP contribution in [0, 0.1) is 0 Å². The van der Waals surface area contributed by atoms with Crippen molar-refractivity contribution in [2.75, 3.05) is 31.6 Å². The third kappa shape index (κ3) is 2.04. The Balaban J connectivity index is 2.17. The molecule has 0 aromatic carbocycles. The highest BCUT2D eigenvalue weighted by Crippen LogP contribution is 2.32. The van der Waals surface area contributed by atoms with Crippen LogP contribution in [-0.2, 0) is 5.41 Å². The average molecular weight is 224 g/mol. The molecule has 0 saturated carbocycles. The molecular formula is C11H20N4O. The molecule has 2 rings (SSSR count). The average Bonchev–Trinajstić information content (AvgIpc) is 2.79. The van der Waals surface area contributed by atoms with E-state index >= 15 is 0 Å². The van der Waals surface area contributed by atoms with Gasteiger partial charge < -0.3 is 14.7 Å². The van der Waals surface area contributed by atoms with Crippen molar-refractivity contribution in [3.63, 3.8) is 0 Å². The topological polar surface area (TPSA) is 54.2 Å². The van der Waals surface area contributed by atoms with E-state index in [-0.39, 0.29) is 5.41 Å². The summed E-state index contributed by atoms with van der Waals surface area (Å²) < 4.78 is 5.40. The monoisotopic (exact) mass is 224 g/mol. The number of nitrogens with one attached hydrogen (secondary N) is 1. The highest BCUT2D eigenvalue weighted by Gasteiger charge is 2.34. The third-order valence-corrected chi connectivity index (χ3v) is 3.45. The summed E-state index contributed by atoms with van der Waals surface area (Å²) in [6.07, 6.45) is 2.12. The van der Waals surface area contributed by atoms with Gasteiger partial charge in [0.2, 0.25) is 5.89 Å². The highest BCUT2D eigenvalue weighted by molar-refractivity contribution is 5.26. The minimum atomic E-state index is 0.0467. The van der Waals surface area contributed by atoms with Crippen molar-refractivity contribution in [2.45, 2.75) is 32.1 Å². The van der Waals surface area contributed by atoms with Crippen molar-refractivity contribution in [3.05, 3.63) is 5.89 Å². The van der Waals surface area contributed by atoms with Crippen LogP contribution in [0.1, 0.15) is 32.6 Å². The first kappa shape index (κ1) is 11.4. The molecule has 0 atom stereocenters. The van der Waals surface area contributed by atoms with Gasteiger partial charge in [0.1, 0.15) is 0 Å². The fraction of sp³-hybridized carbons (Fsp3) is 0.818. The maximum atomic E-state index is 5.40. The molecule has 1 aliphatic heterocycles. The minimum absolute atomic E-state index is 0.0467. The molecule has 16 heavy (non-hydrogen) atoms. The molecule has 5 nitrogen and oxygen atoms in total. The molecule has 1 aliphatic rings. The molecule has 90 valence electrons. The smallest absolute Gasteiger partial charge is 0.265 e. The molecule has 0 bridgehead atoms. The van der Waals surface area contributed by atoms with Crippen LogP contribution in [-0.4, -0.2) is 36.8 Å². The molecule has 2 heterocycles. The Bertz CT molecular complexity index is 344. The molecule has 1 saturated heterocycles. The first-order chi connectivity index (χ1) is 7.65. The Labute approximate surface area is 96.2 Å². The summed E-state index contributed by atoms with van der Waals surface area (Å²) in [7, 11) is 1.97. The van der Waals surface area contributed by atoms with Gasteiger partial charge >= 0.3 is 0 Å². The Hall–Kier alpha value is -1.10. The van der Waals surface area contributed by atoms with E-state index < -0.39 is 0 Å². The number of aromatic nitrogens is 2. The lowest BCUT2D eigenvalue weighted by Gasteiger charge is -2.30. The molecule has 5 heteroatoms. The lowest BCUT2D eigenvalue weighted by atomic mass is 9.81. The zero-order valence-corrected chi connectivity index (χ0v) is 10.3. The molecular weight excluding hydrogens is 204 g/mol. The normalized spacial score (nSPS) is 19.7. The Morgan fingerprint density at radius 2 is 2.12 bits per heavy atom. The first-order valence-electron chi connectivity index (χ1n) is 5.92. The van der Waals surface area contributed by atoms with Crippen molar-refractivity contribution >= 4 is 5.95 Å². The van der Waals surface area contributed by atoms with Gasteiger partial charge in [-0.25, -0.2) is 0 Å². The fourth-order valence-electron chi connectivity index (χ4n) is 1.95. The van der Waals surface area contributed by atoms with Crippen LogP contribution >= 0.6 is 0 Å². The Morgan fingerprint density at radius 3 is 2.75 bits per heavy atom. The van der Waals surface area contributed by atoms with E-state index in [2.05, 4.69) is 29.3 Å². The van der Waals surface area contributed by atoms with Gasteiger partial charge in [0.15, 0.2) is 0 Å². The van der Waals surface area contributed by atoms with Crippen LogP contribution in [0.3, 0.4) is 0 Å². The van der Waals surface area contributed by atoms with Crippen molar-refractivity contribution in [1.29, 1.82) is 0 Å². The first-order valence-corrected chi connectivity index (χ1v) is 5.92. The van der Waals surface area contributed by atoms with Gasteiger partial charge in [0, 0.05) is 19.0 Å². The van der Waals surface area contributed by atoms with E-state index in [1.54, 1.807) is 0 Å². The molecule has 0 aliphatic carbocycles. The summed E-state index contributed by atoms with van der Waals surface area (Å²) in [5, 5.41) is 7.38. The SMILES string of the molecule is CCN(C)c1noc(C2(C)CCNCC2)n1. The van der Waals surface area contributed by atoms with Gasteiger partial charge in [-0.3, -0.25) is 0 Å². The molecule has 1 fully saturated rings. The molecule has 0 spiro atoms. The standard InChI is InChI=1S/C11H20N4O/c1-4-15(3)10-13-9(16-14-10)11(2)5-7-12-8-6-11/h12H,4-8H2,1-3H3. The second kappa shape index (κ2) is 4.41. The number of nitrogens with zero attached hydrogens (tertiary/aromatic N) is 3. The fourth-order valence-corrected chi connectivity index (χ4v) is 1.95. The molecule has 1 aromatic rings. The van der Waals surface area contributed by atoms with Crippen molar-refractivity contribution in [1.82, 2.24) is 15.5 Å².